The summed E-state index contributed by atoms with van der Waals surface area (Å²) in [6.45, 7) is 7.90. The largest absolute Gasteiger partial charge is 0.343 e. The molecule has 1 fully saturated rings. The first-order valence-electron chi connectivity index (χ1n) is 6.73. The summed E-state index contributed by atoms with van der Waals surface area (Å²) in [7, 11) is 0. The fourth-order valence-electron chi connectivity index (χ4n) is 2.26. The maximum Gasteiger partial charge on any atom is 0.246 e. The van der Waals surface area contributed by atoms with Crippen LogP contribution < -0.4 is 5.32 Å². The monoisotopic (exact) mass is 272 g/mol. The van der Waals surface area contributed by atoms with E-state index in [1.165, 1.54) is 0 Å². The second-order valence-corrected chi connectivity index (χ2v) is 6.12. The molecule has 1 rings (SSSR count). The predicted molar refractivity (Wildman–Crippen MR) is 75.6 cm³/mol. The standard InChI is InChI=1S/C13H24N2O2S/c1-5-11-13(17)15(10(4)12(16)14-11)9(3)7-8-18-6-2/h9-11H,5-8H2,1-4H3,(H,14,16). The van der Waals surface area contributed by atoms with Gasteiger partial charge in [0.1, 0.15) is 12.1 Å². The van der Waals surface area contributed by atoms with Gasteiger partial charge in [-0.3, -0.25) is 9.59 Å². The summed E-state index contributed by atoms with van der Waals surface area (Å²) in [6.07, 6.45) is 1.60. The molecule has 4 nitrogen and oxygen atoms in total. The van der Waals surface area contributed by atoms with Crippen molar-refractivity contribution in [2.24, 2.45) is 0 Å². The average molecular weight is 272 g/mol. The quantitative estimate of drug-likeness (QED) is 0.748. The number of rotatable bonds is 6. The van der Waals surface area contributed by atoms with E-state index in [1.807, 2.05) is 32.5 Å². The molecule has 0 saturated carbocycles. The summed E-state index contributed by atoms with van der Waals surface area (Å²) in [5.74, 6) is 2.16. The van der Waals surface area contributed by atoms with Gasteiger partial charge < -0.3 is 10.2 Å². The van der Waals surface area contributed by atoms with E-state index in [4.69, 9.17) is 0 Å². The van der Waals surface area contributed by atoms with Gasteiger partial charge in [-0.15, -0.1) is 0 Å². The van der Waals surface area contributed by atoms with Gasteiger partial charge in [0.15, 0.2) is 0 Å². The first-order chi connectivity index (χ1) is 8.52. The molecule has 1 aliphatic rings. The maximum atomic E-state index is 12.3. The summed E-state index contributed by atoms with van der Waals surface area (Å²) in [4.78, 5) is 25.9. The normalized spacial score (nSPS) is 26.1. The molecule has 0 radical (unpaired) electrons. The number of carbonyl (C=O) groups excluding carboxylic acids is 2. The van der Waals surface area contributed by atoms with Crippen molar-refractivity contribution in [1.82, 2.24) is 10.2 Å². The Bertz CT molecular complexity index is 309. The Kier molecular flexibility index (Phi) is 5.99. The molecule has 0 aromatic heterocycles. The molecule has 3 unspecified atom stereocenters. The molecular formula is C13H24N2O2S. The predicted octanol–water partition coefficient (Wildman–Crippen LogP) is 1.64. The van der Waals surface area contributed by atoms with E-state index in [-0.39, 0.29) is 29.9 Å². The molecule has 18 heavy (non-hydrogen) atoms. The van der Waals surface area contributed by atoms with Gasteiger partial charge in [0.2, 0.25) is 11.8 Å². The topological polar surface area (TPSA) is 49.4 Å². The van der Waals surface area contributed by atoms with E-state index < -0.39 is 0 Å². The maximum absolute atomic E-state index is 12.3. The van der Waals surface area contributed by atoms with E-state index in [0.717, 1.165) is 17.9 Å². The lowest BCUT2D eigenvalue weighted by Crippen LogP contribution is -2.64. The Morgan fingerprint density at radius 3 is 2.61 bits per heavy atom. The molecule has 0 spiro atoms. The Balaban J connectivity index is 2.69. The van der Waals surface area contributed by atoms with Crippen LogP contribution in [0, 0.1) is 0 Å². The highest BCUT2D eigenvalue weighted by molar-refractivity contribution is 7.99. The van der Waals surface area contributed by atoms with Crippen LogP contribution in [-0.2, 0) is 9.59 Å². The minimum absolute atomic E-state index is 0.0311. The van der Waals surface area contributed by atoms with E-state index in [1.54, 1.807) is 4.90 Å². The fraction of sp³-hybridized carbons (Fsp3) is 0.846. The second kappa shape index (κ2) is 7.02. The highest BCUT2D eigenvalue weighted by Crippen LogP contribution is 2.18. The van der Waals surface area contributed by atoms with Crippen molar-refractivity contribution in [2.75, 3.05) is 11.5 Å². The molecule has 0 aromatic carbocycles. The minimum atomic E-state index is -0.345. The molecule has 5 heteroatoms. The molecule has 1 saturated heterocycles. The average Bonchev–Trinajstić information content (AvgIpc) is 2.34. The molecule has 3 atom stereocenters. The van der Waals surface area contributed by atoms with Gasteiger partial charge >= 0.3 is 0 Å². The SMILES string of the molecule is CCSCCC(C)N1C(=O)C(CC)NC(=O)C1C. The van der Waals surface area contributed by atoms with Crippen molar-refractivity contribution >= 4 is 23.6 Å². The Hall–Kier alpha value is -0.710. The molecule has 0 bridgehead atoms. The van der Waals surface area contributed by atoms with E-state index in [0.29, 0.717) is 6.42 Å². The van der Waals surface area contributed by atoms with Gasteiger partial charge in [-0.1, -0.05) is 13.8 Å². The first kappa shape index (κ1) is 15.3. The summed E-state index contributed by atoms with van der Waals surface area (Å²) < 4.78 is 0. The van der Waals surface area contributed by atoms with Gasteiger partial charge in [0.25, 0.3) is 0 Å². The number of thioether (sulfide) groups is 1. The summed E-state index contributed by atoms with van der Waals surface area (Å²) in [5, 5.41) is 2.78. The number of nitrogens with one attached hydrogen (secondary N) is 1. The zero-order chi connectivity index (χ0) is 13.7. The van der Waals surface area contributed by atoms with Gasteiger partial charge in [-0.2, -0.15) is 11.8 Å². The Morgan fingerprint density at radius 1 is 1.39 bits per heavy atom. The van der Waals surface area contributed by atoms with Crippen LogP contribution in [0.1, 0.15) is 40.5 Å². The lowest BCUT2D eigenvalue weighted by molar-refractivity contribution is -0.151. The zero-order valence-corrected chi connectivity index (χ0v) is 12.5. The number of hydrogen-bond donors (Lipinski definition) is 1. The molecule has 1 heterocycles. The van der Waals surface area contributed by atoms with Crippen molar-refractivity contribution in [2.45, 2.75) is 58.7 Å². The van der Waals surface area contributed by atoms with Gasteiger partial charge in [-0.25, -0.2) is 0 Å². The first-order valence-corrected chi connectivity index (χ1v) is 7.88. The van der Waals surface area contributed by atoms with E-state index >= 15 is 0 Å². The van der Waals surface area contributed by atoms with Crippen molar-refractivity contribution in [1.29, 1.82) is 0 Å². The third-order valence-corrected chi connectivity index (χ3v) is 4.37. The molecule has 1 N–H and O–H groups in total. The number of piperazine rings is 1. The number of nitrogens with zero attached hydrogens (tertiary/aromatic N) is 1. The zero-order valence-electron chi connectivity index (χ0n) is 11.7. The van der Waals surface area contributed by atoms with Crippen LogP contribution in [0.2, 0.25) is 0 Å². The van der Waals surface area contributed by atoms with Crippen LogP contribution >= 0.6 is 11.8 Å². The van der Waals surface area contributed by atoms with Crippen molar-refractivity contribution < 1.29 is 9.59 Å². The summed E-state index contributed by atoms with van der Waals surface area (Å²) in [5.41, 5.74) is 0. The van der Waals surface area contributed by atoms with Crippen LogP contribution in [0.5, 0.6) is 0 Å². The van der Waals surface area contributed by atoms with Crippen molar-refractivity contribution in [3.63, 3.8) is 0 Å². The van der Waals surface area contributed by atoms with Crippen LogP contribution in [0.15, 0.2) is 0 Å². The van der Waals surface area contributed by atoms with Crippen LogP contribution in [-0.4, -0.2) is 46.3 Å². The van der Waals surface area contributed by atoms with Crippen LogP contribution in [0.4, 0.5) is 0 Å². The smallest absolute Gasteiger partial charge is 0.246 e. The number of hydrogen-bond acceptors (Lipinski definition) is 3. The third kappa shape index (κ3) is 3.40. The van der Waals surface area contributed by atoms with Gasteiger partial charge in [0.05, 0.1) is 0 Å². The molecule has 104 valence electrons. The summed E-state index contributed by atoms with van der Waals surface area (Å²) >= 11 is 1.87. The van der Waals surface area contributed by atoms with Crippen LogP contribution in [0.3, 0.4) is 0 Å². The van der Waals surface area contributed by atoms with E-state index in [9.17, 15) is 9.59 Å². The van der Waals surface area contributed by atoms with Gasteiger partial charge in [-0.05, 0) is 38.2 Å². The lowest BCUT2D eigenvalue weighted by Gasteiger charge is -2.40. The molecule has 0 aliphatic carbocycles. The molecule has 0 aromatic rings. The highest BCUT2D eigenvalue weighted by Gasteiger charge is 2.39. The van der Waals surface area contributed by atoms with Crippen molar-refractivity contribution in [3.8, 4) is 0 Å². The van der Waals surface area contributed by atoms with Crippen LogP contribution in [0.25, 0.3) is 0 Å². The summed E-state index contributed by atoms with van der Waals surface area (Å²) in [6, 6.07) is -0.552. The Morgan fingerprint density at radius 2 is 2.06 bits per heavy atom. The fourth-order valence-corrected chi connectivity index (χ4v) is 3.06. The number of amides is 2. The lowest BCUT2D eigenvalue weighted by atomic mass is 10.0. The van der Waals surface area contributed by atoms with Gasteiger partial charge in [0, 0.05) is 6.04 Å². The minimum Gasteiger partial charge on any atom is -0.343 e. The van der Waals surface area contributed by atoms with Crippen molar-refractivity contribution in [3.05, 3.63) is 0 Å². The molecule has 1 aliphatic heterocycles. The third-order valence-electron chi connectivity index (χ3n) is 3.43. The van der Waals surface area contributed by atoms with E-state index in [2.05, 4.69) is 12.2 Å². The molecular weight excluding hydrogens is 248 g/mol. The highest BCUT2D eigenvalue weighted by atomic mass is 32.2. The second-order valence-electron chi connectivity index (χ2n) is 4.73. The number of carbonyl (C=O) groups is 2. The molecule has 2 amide bonds. The Labute approximate surface area is 114 Å².